The van der Waals surface area contributed by atoms with Crippen LogP contribution in [0.2, 0.25) is 0 Å². The first-order valence-corrected chi connectivity index (χ1v) is 6.21. The van der Waals surface area contributed by atoms with Gasteiger partial charge in [0.2, 0.25) is 5.91 Å². The van der Waals surface area contributed by atoms with Gasteiger partial charge in [-0.25, -0.2) is 4.79 Å². The number of nitrogens with one attached hydrogen (secondary N) is 1. The van der Waals surface area contributed by atoms with E-state index in [9.17, 15) is 9.59 Å². The Balaban J connectivity index is 4.47. The Kier molecular flexibility index (Phi) is 6.80. The molecule has 5 nitrogen and oxygen atoms in total. The van der Waals surface area contributed by atoms with Crippen LogP contribution in [-0.2, 0) is 9.59 Å². The lowest BCUT2D eigenvalue weighted by atomic mass is 9.92. The first-order chi connectivity index (χ1) is 7.91. The standard InChI is InChI=1S/C12H24N2O3/c1-4-7-9(13)8-10(15)14-12(5-2,6-3)11(16)17/h9H,4-8,13H2,1-3H3,(H,14,15)(H,16,17). The van der Waals surface area contributed by atoms with Crippen molar-refractivity contribution >= 4 is 11.9 Å². The zero-order valence-corrected chi connectivity index (χ0v) is 11.0. The summed E-state index contributed by atoms with van der Waals surface area (Å²) >= 11 is 0. The Labute approximate surface area is 103 Å². The van der Waals surface area contributed by atoms with Gasteiger partial charge in [0.05, 0.1) is 0 Å². The normalized spacial score (nSPS) is 13.2. The van der Waals surface area contributed by atoms with Crippen LogP contribution < -0.4 is 11.1 Å². The first kappa shape index (κ1) is 15.9. The summed E-state index contributed by atoms with van der Waals surface area (Å²) in [7, 11) is 0. The number of aliphatic carboxylic acids is 1. The summed E-state index contributed by atoms with van der Waals surface area (Å²) in [4.78, 5) is 22.9. The fourth-order valence-electron chi connectivity index (χ4n) is 1.81. The van der Waals surface area contributed by atoms with Crippen molar-refractivity contribution in [3.8, 4) is 0 Å². The number of rotatable bonds is 8. The summed E-state index contributed by atoms with van der Waals surface area (Å²) < 4.78 is 0. The van der Waals surface area contributed by atoms with E-state index in [4.69, 9.17) is 10.8 Å². The van der Waals surface area contributed by atoms with Gasteiger partial charge >= 0.3 is 5.97 Å². The van der Waals surface area contributed by atoms with Crippen LogP contribution in [0.15, 0.2) is 0 Å². The largest absolute Gasteiger partial charge is 0.480 e. The van der Waals surface area contributed by atoms with Gasteiger partial charge in [-0.05, 0) is 19.3 Å². The van der Waals surface area contributed by atoms with Gasteiger partial charge in [0.25, 0.3) is 0 Å². The summed E-state index contributed by atoms with van der Waals surface area (Å²) in [6, 6.07) is -0.194. The Morgan fingerprint density at radius 1 is 1.29 bits per heavy atom. The van der Waals surface area contributed by atoms with Crippen LogP contribution in [0.4, 0.5) is 0 Å². The second kappa shape index (κ2) is 7.27. The van der Waals surface area contributed by atoms with Crippen LogP contribution in [0.5, 0.6) is 0 Å². The maximum Gasteiger partial charge on any atom is 0.329 e. The zero-order valence-electron chi connectivity index (χ0n) is 11.0. The molecule has 0 aliphatic rings. The molecular formula is C12H24N2O3. The van der Waals surface area contributed by atoms with Crippen LogP contribution in [-0.4, -0.2) is 28.6 Å². The van der Waals surface area contributed by atoms with E-state index in [1.807, 2.05) is 6.92 Å². The van der Waals surface area contributed by atoms with Crippen LogP contribution >= 0.6 is 0 Å². The Morgan fingerprint density at radius 2 is 1.82 bits per heavy atom. The molecule has 0 rings (SSSR count). The molecule has 0 saturated heterocycles. The van der Waals surface area contributed by atoms with Crippen molar-refractivity contribution in [1.29, 1.82) is 0 Å². The number of carbonyl (C=O) groups is 2. The molecule has 0 aliphatic heterocycles. The van der Waals surface area contributed by atoms with Gasteiger partial charge in [-0.2, -0.15) is 0 Å². The van der Waals surface area contributed by atoms with E-state index in [2.05, 4.69) is 5.32 Å². The first-order valence-electron chi connectivity index (χ1n) is 6.21. The van der Waals surface area contributed by atoms with Gasteiger partial charge in [0.1, 0.15) is 5.54 Å². The van der Waals surface area contributed by atoms with Crippen molar-refractivity contribution in [2.24, 2.45) is 5.73 Å². The average Bonchev–Trinajstić information content (AvgIpc) is 2.25. The number of hydrogen-bond acceptors (Lipinski definition) is 3. The maximum atomic E-state index is 11.7. The van der Waals surface area contributed by atoms with Crippen LogP contribution in [0.1, 0.15) is 52.9 Å². The molecule has 17 heavy (non-hydrogen) atoms. The SMILES string of the molecule is CCCC(N)CC(=O)NC(CC)(CC)C(=O)O. The molecule has 0 aromatic carbocycles. The molecule has 1 amide bonds. The molecule has 0 heterocycles. The molecule has 4 N–H and O–H groups in total. The monoisotopic (exact) mass is 244 g/mol. The molecule has 0 saturated carbocycles. The summed E-state index contributed by atoms with van der Waals surface area (Å²) in [5, 5.41) is 11.8. The molecule has 0 aromatic heterocycles. The minimum absolute atomic E-state index is 0.183. The fraction of sp³-hybridized carbons (Fsp3) is 0.833. The summed E-state index contributed by atoms with van der Waals surface area (Å²) in [5.74, 6) is -1.27. The second-order valence-electron chi connectivity index (χ2n) is 4.40. The van der Waals surface area contributed by atoms with E-state index in [1.54, 1.807) is 13.8 Å². The number of carboxylic acids is 1. The summed E-state index contributed by atoms with van der Waals surface area (Å²) in [6.07, 6.45) is 2.61. The van der Waals surface area contributed by atoms with Crippen molar-refractivity contribution in [2.75, 3.05) is 0 Å². The number of amides is 1. The lowest BCUT2D eigenvalue weighted by Crippen LogP contribution is -2.54. The highest BCUT2D eigenvalue weighted by Gasteiger charge is 2.36. The Bertz CT molecular complexity index is 262. The lowest BCUT2D eigenvalue weighted by Gasteiger charge is -2.28. The van der Waals surface area contributed by atoms with E-state index >= 15 is 0 Å². The third kappa shape index (κ3) is 4.73. The smallest absolute Gasteiger partial charge is 0.329 e. The molecule has 100 valence electrons. The predicted molar refractivity (Wildman–Crippen MR) is 66.6 cm³/mol. The molecule has 5 heteroatoms. The van der Waals surface area contributed by atoms with E-state index in [0.29, 0.717) is 12.8 Å². The highest BCUT2D eigenvalue weighted by Crippen LogP contribution is 2.16. The van der Waals surface area contributed by atoms with Crippen molar-refractivity contribution in [3.05, 3.63) is 0 Å². The molecule has 1 unspecified atom stereocenters. The van der Waals surface area contributed by atoms with E-state index in [1.165, 1.54) is 0 Å². The highest BCUT2D eigenvalue weighted by molar-refractivity contribution is 5.87. The van der Waals surface area contributed by atoms with Crippen molar-refractivity contribution < 1.29 is 14.7 Å². The number of carbonyl (C=O) groups excluding carboxylic acids is 1. The molecule has 1 atom stereocenters. The van der Waals surface area contributed by atoms with Gasteiger partial charge in [0.15, 0.2) is 0 Å². The Hall–Kier alpha value is -1.10. The van der Waals surface area contributed by atoms with Gasteiger partial charge in [0, 0.05) is 12.5 Å². The molecule has 0 bridgehead atoms. The van der Waals surface area contributed by atoms with Crippen molar-refractivity contribution in [3.63, 3.8) is 0 Å². The van der Waals surface area contributed by atoms with Crippen molar-refractivity contribution in [1.82, 2.24) is 5.32 Å². The van der Waals surface area contributed by atoms with Gasteiger partial charge in [-0.15, -0.1) is 0 Å². The molecule has 0 radical (unpaired) electrons. The average molecular weight is 244 g/mol. The fourth-order valence-corrected chi connectivity index (χ4v) is 1.81. The minimum atomic E-state index is -1.15. The minimum Gasteiger partial charge on any atom is -0.480 e. The number of hydrogen-bond donors (Lipinski definition) is 3. The highest BCUT2D eigenvalue weighted by atomic mass is 16.4. The third-order valence-corrected chi connectivity index (χ3v) is 3.10. The predicted octanol–water partition coefficient (Wildman–Crippen LogP) is 1.26. The van der Waals surface area contributed by atoms with E-state index in [-0.39, 0.29) is 18.4 Å². The number of nitrogens with two attached hydrogens (primary N) is 1. The van der Waals surface area contributed by atoms with Gasteiger partial charge in [-0.1, -0.05) is 27.2 Å². The molecular weight excluding hydrogens is 220 g/mol. The third-order valence-electron chi connectivity index (χ3n) is 3.10. The molecule has 0 aliphatic carbocycles. The Morgan fingerprint density at radius 3 is 2.18 bits per heavy atom. The van der Waals surface area contributed by atoms with Gasteiger partial charge in [-0.3, -0.25) is 4.79 Å². The number of carboxylic acid groups (broad SMARTS) is 1. The molecule has 0 fully saturated rings. The topological polar surface area (TPSA) is 92.4 Å². The van der Waals surface area contributed by atoms with Crippen LogP contribution in [0, 0.1) is 0 Å². The van der Waals surface area contributed by atoms with Gasteiger partial charge < -0.3 is 16.2 Å². The van der Waals surface area contributed by atoms with Crippen LogP contribution in [0.25, 0.3) is 0 Å². The lowest BCUT2D eigenvalue weighted by molar-refractivity contribution is -0.148. The zero-order chi connectivity index (χ0) is 13.5. The second-order valence-corrected chi connectivity index (χ2v) is 4.40. The van der Waals surface area contributed by atoms with Crippen molar-refractivity contribution in [2.45, 2.75) is 64.5 Å². The molecule has 0 spiro atoms. The summed E-state index contributed by atoms with van der Waals surface area (Å²) in [5.41, 5.74) is 4.60. The van der Waals surface area contributed by atoms with E-state index in [0.717, 1.165) is 12.8 Å². The molecule has 0 aromatic rings. The van der Waals surface area contributed by atoms with Crippen LogP contribution in [0.3, 0.4) is 0 Å². The summed E-state index contributed by atoms with van der Waals surface area (Å²) in [6.45, 7) is 5.51. The maximum absolute atomic E-state index is 11.7. The van der Waals surface area contributed by atoms with E-state index < -0.39 is 11.5 Å². The quantitative estimate of drug-likeness (QED) is 0.599.